The molecule has 2 saturated heterocycles. The van der Waals surface area contributed by atoms with Gasteiger partial charge in [-0.15, -0.1) is 0 Å². The van der Waals surface area contributed by atoms with Crippen molar-refractivity contribution >= 4 is 11.8 Å². The van der Waals surface area contributed by atoms with Gasteiger partial charge in [-0.2, -0.15) is 11.8 Å². The zero-order chi connectivity index (χ0) is 12.7. The van der Waals surface area contributed by atoms with Crippen LogP contribution < -0.4 is 5.73 Å². The largest absolute Gasteiger partial charge is 0.368 e. The van der Waals surface area contributed by atoms with Gasteiger partial charge in [-0.25, -0.2) is 0 Å². The van der Waals surface area contributed by atoms with E-state index in [2.05, 4.69) is 44.4 Å². The molecule has 0 aromatic heterocycles. The monoisotopic (exact) mass is 258 g/mol. The summed E-state index contributed by atoms with van der Waals surface area (Å²) >= 11 is 2.05. The Hall–Kier alpha value is 0.230. The minimum Gasteiger partial charge on any atom is -0.368 e. The molecule has 0 bridgehead atoms. The van der Waals surface area contributed by atoms with Gasteiger partial charge in [-0.1, -0.05) is 0 Å². The second-order valence-electron chi connectivity index (χ2n) is 6.35. The zero-order valence-electron chi connectivity index (χ0n) is 11.5. The predicted octanol–water partition coefficient (Wildman–Crippen LogP) is 1.57. The van der Waals surface area contributed by atoms with Crippen LogP contribution in [0.25, 0.3) is 0 Å². The first-order chi connectivity index (χ1) is 7.83. The van der Waals surface area contributed by atoms with E-state index in [0.29, 0.717) is 5.92 Å². The molecule has 0 spiro atoms. The number of rotatable bonds is 2. The molecule has 0 aliphatic carbocycles. The van der Waals surface area contributed by atoms with E-state index in [4.69, 9.17) is 10.5 Å². The number of thioether (sulfide) groups is 1. The van der Waals surface area contributed by atoms with E-state index in [-0.39, 0.29) is 17.2 Å². The molecule has 3 nitrogen and oxygen atoms in total. The molecule has 2 rings (SSSR count). The molecule has 0 amide bonds. The molecule has 0 aromatic rings. The molecule has 4 heteroatoms. The molecule has 17 heavy (non-hydrogen) atoms. The third-order valence-corrected chi connectivity index (χ3v) is 5.16. The Labute approximate surface area is 109 Å². The van der Waals surface area contributed by atoms with Crippen LogP contribution in [0.5, 0.6) is 0 Å². The van der Waals surface area contributed by atoms with Crippen LogP contribution in [0, 0.1) is 5.92 Å². The summed E-state index contributed by atoms with van der Waals surface area (Å²) in [5.74, 6) is 2.94. The second kappa shape index (κ2) is 4.72. The van der Waals surface area contributed by atoms with Crippen molar-refractivity contribution in [3.05, 3.63) is 0 Å². The molecule has 2 aliphatic heterocycles. The average Bonchev–Trinajstić information content (AvgIpc) is 2.38. The van der Waals surface area contributed by atoms with Crippen LogP contribution >= 0.6 is 11.8 Å². The van der Waals surface area contributed by atoms with Gasteiger partial charge in [-0.05, 0) is 27.7 Å². The van der Waals surface area contributed by atoms with Crippen molar-refractivity contribution in [2.24, 2.45) is 11.7 Å². The fourth-order valence-electron chi connectivity index (χ4n) is 3.13. The summed E-state index contributed by atoms with van der Waals surface area (Å²) in [6.45, 7) is 12.1. The number of nitrogens with zero attached hydrogens (tertiary/aromatic N) is 1. The van der Waals surface area contributed by atoms with E-state index >= 15 is 0 Å². The Bertz CT molecular complexity index is 275. The summed E-state index contributed by atoms with van der Waals surface area (Å²) in [4.78, 5) is 2.55. The van der Waals surface area contributed by atoms with Crippen LogP contribution in [0.1, 0.15) is 27.7 Å². The van der Waals surface area contributed by atoms with Crippen molar-refractivity contribution in [1.82, 2.24) is 4.90 Å². The lowest BCUT2D eigenvalue weighted by atomic mass is 9.82. The number of ether oxygens (including phenoxy) is 1. The van der Waals surface area contributed by atoms with Crippen molar-refractivity contribution in [3.8, 4) is 0 Å². The number of hydrogen-bond acceptors (Lipinski definition) is 4. The fourth-order valence-corrected chi connectivity index (χ4v) is 4.11. The quantitative estimate of drug-likeness (QED) is 0.816. The minimum atomic E-state index is -0.196. The van der Waals surface area contributed by atoms with E-state index < -0.39 is 0 Å². The maximum atomic E-state index is 6.39. The maximum Gasteiger partial charge on any atom is 0.0788 e. The summed E-state index contributed by atoms with van der Waals surface area (Å²) in [6, 6.07) is 0.132. The second-order valence-corrected chi connectivity index (χ2v) is 7.58. The fraction of sp³-hybridized carbons (Fsp3) is 1.00. The molecular weight excluding hydrogens is 232 g/mol. The highest BCUT2D eigenvalue weighted by molar-refractivity contribution is 7.99. The van der Waals surface area contributed by atoms with Gasteiger partial charge in [0.1, 0.15) is 0 Å². The molecule has 0 aromatic carbocycles. The normalized spacial score (nSPS) is 37.2. The maximum absolute atomic E-state index is 6.39. The van der Waals surface area contributed by atoms with Crippen LogP contribution in [-0.4, -0.2) is 53.3 Å². The Morgan fingerprint density at radius 3 is 2.24 bits per heavy atom. The molecule has 2 aliphatic rings. The highest BCUT2D eigenvalue weighted by atomic mass is 32.2. The van der Waals surface area contributed by atoms with Crippen molar-refractivity contribution < 1.29 is 4.74 Å². The van der Waals surface area contributed by atoms with Gasteiger partial charge in [0.15, 0.2) is 0 Å². The van der Waals surface area contributed by atoms with Crippen molar-refractivity contribution in [2.75, 3.05) is 31.1 Å². The lowest BCUT2D eigenvalue weighted by Gasteiger charge is -2.34. The topological polar surface area (TPSA) is 38.5 Å². The minimum absolute atomic E-state index is 0.104. The van der Waals surface area contributed by atoms with Gasteiger partial charge in [0, 0.05) is 43.1 Å². The van der Waals surface area contributed by atoms with Crippen molar-refractivity contribution in [1.29, 1.82) is 0 Å². The van der Waals surface area contributed by atoms with Crippen LogP contribution in [0.15, 0.2) is 0 Å². The van der Waals surface area contributed by atoms with Crippen LogP contribution in [0.2, 0.25) is 0 Å². The van der Waals surface area contributed by atoms with Gasteiger partial charge in [-0.3, -0.25) is 0 Å². The van der Waals surface area contributed by atoms with Crippen LogP contribution in [-0.2, 0) is 4.74 Å². The van der Waals surface area contributed by atoms with Gasteiger partial charge in [0.2, 0.25) is 0 Å². The van der Waals surface area contributed by atoms with E-state index in [0.717, 1.165) is 6.54 Å². The molecule has 2 heterocycles. The standard InChI is InChI=1S/C13H26N2OS/c1-12(2)10(11(14)13(3,4)16-12)9-15-5-7-17-8-6-15/h10-11H,5-9,14H2,1-4H3. The molecule has 100 valence electrons. The highest BCUT2D eigenvalue weighted by Gasteiger charge is 2.52. The molecule has 0 saturated carbocycles. The first kappa shape index (κ1) is 13.7. The molecule has 2 fully saturated rings. The Morgan fingerprint density at radius 1 is 1.18 bits per heavy atom. The van der Waals surface area contributed by atoms with Crippen molar-refractivity contribution in [2.45, 2.75) is 44.9 Å². The van der Waals surface area contributed by atoms with E-state index in [9.17, 15) is 0 Å². The molecule has 2 unspecified atom stereocenters. The Balaban J connectivity index is 2.03. The van der Waals surface area contributed by atoms with Crippen molar-refractivity contribution in [3.63, 3.8) is 0 Å². The zero-order valence-corrected chi connectivity index (χ0v) is 12.3. The third-order valence-electron chi connectivity index (χ3n) is 4.21. The predicted molar refractivity (Wildman–Crippen MR) is 74.5 cm³/mol. The number of nitrogens with two attached hydrogens (primary N) is 1. The smallest absolute Gasteiger partial charge is 0.0788 e. The number of hydrogen-bond donors (Lipinski definition) is 1. The molecule has 0 radical (unpaired) electrons. The van der Waals surface area contributed by atoms with E-state index in [1.807, 2.05) is 0 Å². The lowest BCUT2D eigenvalue weighted by Crippen LogP contribution is -2.49. The molecular formula is C13H26N2OS. The lowest BCUT2D eigenvalue weighted by molar-refractivity contribution is -0.0783. The first-order valence-electron chi connectivity index (χ1n) is 6.59. The van der Waals surface area contributed by atoms with Gasteiger partial charge < -0.3 is 15.4 Å². The van der Waals surface area contributed by atoms with Gasteiger partial charge in [0.05, 0.1) is 11.2 Å². The Morgan fingerprint density at radius 2 is 1.76 bits per heavy atom. The van der Waals surface area contributed by atoms with Crippen LogP contribution in [0.4, 0.5) is 0 Å². The molecule has 2 atom stereocenters. The third kappa shape index (κ3) is 2.80. The Kier molecular flexibility index (Phi) is 3.79. The summed E-state index contributed by atoms with van der Waals surface area (Å²) in [5, 5.41) is 0. The van der Waals surface area contributed by atoms with Gasteiger partial charge in [0.25, 0.3) is 0 Å². The summed E-state index contributed by atoms with van der Waals surface area (Å²) < 4.78 is 6.15. The molecule has 2 N–H and O–H groups in total. The van der Waals surface area contributed by atoms with Gasteiger partial charge >= 0.3 is 0 Å². The summed E-state index contributed by atoms with van der Waals surface area (Å²) in [6.07, 6.45) is 0. The first-order valence-corrected chi connectivity index (χ1v) is 7.74. The van der Waals surface area contributed by atoms with Crippen LogP contribution in [0.3, 0.4) is 0 Å². The average molecular weight is 258 g/mol. The summed E-state index contributed by atoms with van der Waals surface area (Å²) in [5.41, 5.74) is 6.09. The highest BCUT2D eigenvalue weighted by Crippen LogP contribution is 2.41. The SMILES string of the molecule is CC1(C)OC(C)(C)C(CN2CCSCC2)C1N. The summed E-state index contributed by atoms with van der Waals surface area (Å²) in [7, 11) is 0. The van der Waals surface area contributed by atoms with E-state index in [1.54, 1.807) is 0 Å². The van der Waals surface area contributed by atoms with E-state index in [1.165, 1.54) is 24.6 Å².